The summed E-state index contributed by atoms with van der Waals surface area (Å²) in [5.41, 5.74) is -0.522. The number of hydrogen-bond acceptors (Lipinski definition) is 5. The zero-order valence-corrected chi connectivity index (χ0v) is 14.0. The molecule has 0 aromatic carbocycles. The van der Waals surface area contributed by atoms with Gasteiger partial charge < -0.3 is 9.64 Å². The summed E-state index contributed by atoms with van der Waals surface area (Å²) in [6, 6.07) is 1.11. The molecule has 0 bridgehead atoms. The van der Waals surface area contributed by atoms with Crippen LogP contribution in [0.4, 0.5) is 0 Å². The fourth-order valence-electron chi connectivity index (χ4n) is 3.28. The molecule has 21 heavy (non-hydrogen) atoms. The fourth-order valence-corrected chi connectivity index (χ4v) is 3.28. The van der Waals surface area contributed by atoms with E-state index < -0.39 is 5.54 Å². The number of nitrogens with one attached hydrogen (secondary N) is 1. The summed E-state index contributed by atoms with van der Waals surface area (Å²) in [5, 5.41) is 3.47. The molecule has 1 saturated carbocycles. The minimum absolute atomic E-state index is 0.124. The second-order valence-electron chi connectivity index (χ2n) is 6.99. The second-order valence-corrected chi connectivity index (χ2v) is 6.99. The molecule has 0 aromatic heterocycles. The lowest BCUT2D eigenvalue weighted by Crippen LogP contribution is -2.53. The van der Waals surface area contributed by atoms with E-state index in [9.17, 15) is 4.79 Å². The van der Waals surface area contributed by atoms with Gasteiger partial charge in [-0.1, -0.05) is 0 Å². The number of piperazine rings is 1. The van der Waals surface area contributed by atoms with Gasteiger partial charge in [-0.3, -0.25) is 15.0 Å². The van der Waals surface area contributed by atoms with E-state index in [1.54, 1.807) is 0 Å². The molecule has 2 fully saturated rings. The molecule has 1 aliphatic heterocycles. The number of carbonyl (C=O) groups is 1. The second kappa shape index (κ2) is 7.07. The zero-order valence-electron chi connectivity index (χ0n) is 14.0. The molecule has 2 rings (SSSR count). The predicted octanol–water partition coefficient (Wildman–Crippen LogP) is 1.09. The summed E-state index contributed by atoms with van der Waals surface area (Å²) in [7, 11) is 3.67. The Balaban J connectivity index is 1.80. The van der Waals surface area contributed by atoms with E-state index in [0.29, 0.717) is 12.1 Å². The van der Waals surface area contributed by atoms with Crippen LogP contribution in [0, 0.1) is 0 Å². The number of esters is 1. The number of ether oxygens (including phenoxy) is 1. The molecule has 0 spiro atoms. The molecule has 1 saturated heterocycles. The number of hydrogen-bond donors (Lipinski definition) is 1. The Morgan fingerprint density at radius 2 is 2.10 bits per heavy atom. The van der Waals surface area contributed by atoms with Crippen LogP contribution in [0.25, 0.3) is 0 Å². The van der Waals surface area contributed by atoms with E-state index in [-0.39, 0.29) is 5.97 Å². The molecule has 2 aliphatic rings. The van der Waals surface area contributed by atoms with Gasteiger partial charge >= 0.3 is 5.97 Å². The van der Waals surface area contributed by atoms with Crippen molar-refractivity contribution in [3.8, 4) is 0 Å². The monoisotopic (exact) mass is 297 g/mol. The Morgan fingerprint density at radius 3 is 2.67 bits per heavy atom. The summed E-state index contributed by atoms with van der Waals surface area (Å²) in [4.78, 5) is 17.0. The fraction of sp³-hybridized carbons (Fsp3) is 0.938. The van der Waals surface area contributed by atoms with Gasteiger partial charge in [-0.15, -0.1) is 0 Å². The number of methoxy groups -OCH3 is 1. The van der Waals surface area contributed by atoms with E-state index in [2.05, 4.69) is 29.1 Å². The van der Waals surface area contributed by atoms with Gasteiger partial charge in [0, 0.05) is 31.7 Å². The van der Waals surface area contributed by atoms with Crippen molar-refractivity contribution in [3.05, 3.63) is 0 Å². The molecule has 0 radical (unpaired) electrons. The van der Waals surface area contributed by atoms with Crippen molar-refractivity contribution in [2.75, 3.05) is 40.3 Å². The Hall–Kier alpha value is -0.650. The summed E-state index contributed by atoms with van der Waals surface area (Å²) >= 11 is 0. The molecule has 1 N–H and O–H groups in total. The third kappa shape index (κ3) is 4.66. The van der Waals surface area contributed by atoms with E-state index >= 15 is 0 Å². The molecule has 2 atom stereocenters. The third-order valence-corrected chi connectivity index (χ3v) is 4.83. The van der Waals surface area contributed by atoms with Crippen molar-refractivity contribution < 1.29 is 9.53 Å². The Morgan fingerprint density at radius 1 is 1.38 bits per heavy atom. The maximum atomic E-state index is 12.1. The highest BCUT2D eigenvalue weighted by atomic mass is 16.5. The number of nitrogens with zero attached hydrogens (tertiary/aromatic N) is 2. The van der Waals surface area contributed by atoms with Gasteiger partial charge in [0.05, 0.1) is 7.11 Å². The minimum Gasteiger partial charge on any atom is -0.468 e. The van der Waals surface area contributed by atoms with Gasteiger partial charge in [0.2, 0.25) is 0 Å². The molecular weight excluding hydrogens is 266 g/mol. The van der Waals surface area contributed by atoms with Gasteiger partial charge in [-0.05, 0) is 53.1 Å². The first kappa shape index (κ1) is 16.7. The van der Waals surface area contributed by atoms with Crippen LogP contribution in [0.1, 0.15) is 39.5 Å². The molecule has 1 aliphatic carbocycles. The van der Waals surface area contributed by atoms with Crippen molar-refractivity contribution in [1.82, 2.24) is 15.1 Å². The van der Waals surface area contributed by atoms with Crippen LogP contribution in [0.3, 0.4) is 0 Å². The average Bonchev–Trinajstić information content (AvgIpc) is 3.24. The van der Waals surface area contributed by atoms with Crippen LogP contribution in [-0.2, 0) is 9.53 Å². The molecule has 122 valence electrons. The normalized spacial score (nSPS) is 27.3. The van der Waals surface area contributed by atoms with Gasteiger partial charge in [0.1, 0.15) is 5.54 Å². The lowest BCUT2D eigenvalue weighted by molar-refractivity contribution is -0.148. The average molecular weight is 297 g/mol. The van der Waals surface area contributed by atoms with E-state index in [4.69, 9.17) is 4.74 Å². The van der Waals surface area contributed by atoms with Gasteiger partial charge in [-0.25, -0.2) is 0 Å². The van der Waals surface area contributed by atoms with Gasteiger partial charge in [0.15, 0.2) is 0 Å². The highest BCUT2D eigenvalue weighted by molar-refractivity contribution is 5.80. The van der Waals surface area contributed by atoms with Crippen LogP contribution in [0.15, 0.2) is 0 Å². The molecule has 5 nitrogen and oxygen atoms in total. The summed E-state index contributed by atoms with van der Waals surface area (Å²) in [5.74, 6) is -0.124. The maximum Gasteiger partial charge on any atom is 0.325 e. The lowest BCUT2D eigenvalue weighted by atomic mass is 9.95. The van der Waals surface area contributed by atoms with Crippen molar-refractivity contribution >= 4 is 5.97 Å². The summed E-state index contributed by atoms with van der Waals surface area (Å²) in [6.45, 7) is 8.74. The number of carbonyl (C=O) groups excluding carboxylic acids is 1. The quantitative estimate of drug-likeness (QED) is 0.713. The van der Waals surface area contributed by atoms with Gasteiger partial charge in [0.25, 0.3) is 0 Å². The minimum atomic E-state index is -0.522. The molecule has 2 unspecified atom stereocenters. The molecule has 0 aromatic rings. The zero-order chi connectivity index (χ0) is 15.5. The highest BCUT2D eigenvalue weighted by Crippen LogP contribution is 2.26. The van der Waals surface area contributed by atoms with Crippen molar-refractivity contribution in [3.63, 3.8) is 0 Å². The first-order chi connectivity index (χ1) is 9.94. The number of rotatable bonds is 7. The van der Waals surface area contributed by atoms with Crippen molar-refractivity contribution in [1.29, 1.82) is 0 Å². The summed E-state index contributed by atoms with van der Waals surface area (Å²) in [6.07, 6.45) is 4.23. The van der Waals surface area contributed by atoms with Crippen LogP contribution in [0.5, 0.6) is 0 Å². The molecule has 5 heteroatoms. The Kier molecular flexibility index (Phi) is 5.63. The Labute approximate surface area is 129 Å². The smallest absolute Gasteiger partial charge is 0.325 e. The lowest BCUT2D eigenvalue weighted by Gasteiger charge is -2.38. The topological polar surface area (TPSA) is 44.8 Å². The van der Waals surface area contributed by atoms with E-state index in [1.165, 1.54) is 20.0 Å². The first-order valence-electron chi connectivity index (χ1n) is 8.23. The van der Waals surface area contributed by atoms with Crippen LogP contribution in [-0.4, -0.2) is 73.7 Å². The predicted molar refractivity (Wildman–Crippen MR) is 84.3 cm³/mol. The van der Waals surface area contributed by atoms with Crippen LogP contribution >= 0.6 is 0 Å². The first-order valence-corrected chi connectivity index (χ1v) is 8.23. The maximum absolute atomic E-state index is 12.1. The molecular formula is C16H31N3O2. The third-order valence-electron chi connectivity index (χ3n) is 4.83. The summed E-state index contributed by atoms with van der Waals surface area (Å²) < 4.78 is 5.00. The van der Waals surface area contributed by atoms with E-state index in [0.717, 1.165) is 39.0 Å². The Bertz CT molecular complexity index is 359. The highest BCUT2D eigenvalue weighted by Gasteiger charge is 2.39. The van der Waals surface area contributed by atoms with Gasteiger partial charge in [-0.2, -0.15) is 0 Å². The van der Waals surface area contributed by atoms with Crippen LogP contribution < -0.4 is 5.32 Å². The SMILES string of the molecule is COC(=O)C(C)(CCCN1CCN(C)CC1C)NC1CC1. The van der Waals surface area contributed by atoms with E-state index in [1.807, 2.05) is 6.92 Å². The molecule has 1 heterocycles. The van der Waals surface area contributed by atoms with Crippen molar-refractivity contribution in [2.45, 2.75) is 57.2 Å². The standard InChI is InChI=1S/C16H31N3O2/c1-13-12-18(3)10-11-19(13)9-5-8-16(2,15(20)21-4)17-14-6-7-14/h13-14,17H,5-12H2,1-4H3. The molecule has 0 amide bonds. The van der Waals surface area contributed by atoms with Crippen LogP contribution in [0.2, 0.25) is 0 Å². The largest absolute Gasteiger partial charge is 0.468 e. The number of likely N-dealkylation sites (N-methyl/N-ethyl adjacent to an activating group) is 1. The van der Waals surface area contributed by atoms with Crippen molar-refractivity contribution in [2.24, 2.45) is 0 Å².